The monoisotopic (exact) mass is 416 g/mol. The summed E-state index contributed by atoms with van der Waals surface area (Å²) in [5, 5.41) is 5.08. The number of ether oxygens (including phenoxy) is 2. The first kappa shape index (κ1) is 21.2. The minimum atomic E-state index is -0.501. The molecule has 1 aliphatic rings. The van der Waals surface area contributed by atoms with Crippen molar-refractivity contribution in [3.8, 4) is 5.75 Å². The molecule has 1 N–H and O–H groups in total. The fraction of sp³-hybridized carbons (Fsp3) is 0.455. The van der Waals surface area contributed by atoms with Gasteiger partial charge in [0.15, 0.2) is 0 Å². The number of piperidine rings is 1. The second kappa shape index (κ2) is 9.31. The lowest BCUT2D eigenvalue weighted by Gasteiger charge is -2.33. The van der Waals surface area contributed by atoms with Gasteiger partial charge >= 0.3 is 6.09 Å². The highest BCUT2D eigenvalue weighted by Gasteiger charge is 2.27. The fourth-order valence-corrected chi connectivity index (χ4v) is 3.69. The number of rotatable bonds is 5. The Morgan fingerprint density at radius 3 is 2.59 bits per heavy atom. The molecule has 1 fully saturated rings. The molecule has 29 heavy (non-hydrogen) atoms. The van der Waals surface area contributed by atoms with Crippen LogP contribution in [0.2, 0.25) is 0 Å². The zero-order valence-corrected chi connectivity index (χ0v) is 18.0. The zero-order valence-electron chi connectivity index (χ0n) is 17.1. The highest BCUT2D eigenvalue weighted by molar-refractivity contribution is 7.09. The van der Waals surface area contributed by atoms with Crippen LogP contribution in [0.4, 0.5) is 4.79 Å². The third kappa shape index (κ3) is 6.49. The van der Waals surface area contributed by atoms with Gasteiger partial charge in [-0.3, -0.25) is 4.79 Å². The van der Waals surface area contributed by atoms with Gasteiger partial charge in [-0.15, -0.1) is 11.3 Å². The summed E-state index contributed by atoms with van der Waals surface area (Å²) in [6.07, 6.45) is 1.12. The van der Waals surface area contributed by atoms with Crippen LogP contribution in [0, 0.1) is 0 Å². The highest BCUT2D eigenvalue weighted by atomic mass is 32.1. The maximum Gasteiger partial charge on any atom is 0.410 e. The van der Waals surface area contributed by atoms with Crippen molar-refractivity contribution in [3.63, 3.8) is 0 Å². The largest absolute Gasteiger partial charge is 0.488 e. The summed E-state index contributed by atoms with van der Waals surface area (Å²) in [6, 6.07) is 11.3. The molecule has 0 unspecified atom stereocenters. The summed E-state index contributed by atoms with van der Waals surface area (Å²) >= 11 is 1.64. The quantitative estimate of drug-likeness (QED) is 0.782. The molecule has 2 heterocycles. The minimum absolute atomic E-state index is 0.0388. The van der Waals surface area contributed by atoms with Crippen LogP contribution in [0.3, 0.4) is 0 Å². The van der Waals surface area contributed by atoms with E-state index in [1.807, 2.05) is 50.4 Å². The van der Waals surface area contributed by atoms with Crippen LogP contribution in [0.5, 0.6) is 5.75 Å². The number of likely N-dealkylation sites (tertiary alicyclic amines) is 1. The Morgan fingerprint density at radius 2 is 1.93 bits per heavy atom. The Kier molecular flexibility index (Phi) is 6.79. The third-order valence-electron chi connectivity index (χ3n) is 4.54. The molecular formula is C22H28N2O4S. The summed E-state index contributed by atoms with van der Waals surface area (Å²) in [5.74, 6) is 0.549. The van der Waals surface area contributed by atoms with E-state index in [1.54, 1.807) is 28.4 Å². The van der Waals surface area contributed by atoms with Crippen LogP contribution >= 0.6 is 11.3 Å². The number of nitrogens with one attached hydrogen (secondary N) is 1. The average molecular weight is 417 g/mol. The molecule has 6 nitrogen and oxygen atoms in total. The third-order valence-corrected chi connectivity index (χ3v) is 5.39. The van der Waals surface area contributed by atoms with E-state index in [0.29, 0.717) is 43.9 Å². The summed E-state index contributed by atoms with van der Waals surface area (Å²) in [5.41, 5.74) is 0.0712. The predicted octanol–water partition coefficient (Wildman–Crippen LogP) is 4.46. The molecule has 3 rings (SSSR count). The molecule has 0 saturated carbocycles. The van der Waals surface area contributed by atoms with Gasteiger partial charge in [-0.05, 0) is 63.3 Å². The summed E-state index contributed by atoms with van der Waals surface area (Å²) in [4.78, 5) is 27.6. The number of hydrogen-bond acceptors (Lipinski definition) is 5. The van der Waals surface area contributed by atoms with E-state index < -0.39 is 5.60 Å². The Morgan fingerprint density at radius 1 is 1.17 bits per heavy atom. The molecule has 0 spiro atoms. The molecule has 1 aliphatic heterocycles. The minimum Gasteiger partial charge on any atom is -0.488 e. The van der Waals surface area contributed by atoms with Gasteiger partial charge in [0.1, 0.15) is 18.0 Å². The standard InChI is InChI=1S/C22H28N2O4S/c1-22(2,3)28-21(26)24-11-9-17(10-12-24)23-20(25)16-6-4-7-18(14-16)27-15-19-8-5-13-29-19/h4-8,13-14,17H,9-12,15H2,1-3H3,(H,23,25). The van der Waals surface area contributed by atoms with E-state index >= 15 is 0 Å². The van der Waals surface area contributed by atoms with E-state index in [0.717, 1.165) is 4.88 Å². The maximum atomic E-state index is 12.6. The smallest absolute Gasteiger partial charge is 0.410 e. The zero-order chi connectivity index (χ0) is 20.9. The fourth-order valence-electron chi connectivity index (χ4n) is 3.08. The summed E-state index contributed by atoms with van der Waals surface area (Å²) in [6.45, 7) is 7.21. The number of thiophene rings is 1. The van der Waals surface area contributed by atoms with Crippen LogP contribution in [0.15, 0.2) is 41.8 Å². The van der Waals surface area contributed by atoms with Crippen LogP contribution in [0.25, 0.3) is 0 Å². The lowest BCUT2D eigenvalue weighted by Crippen LogP contribution is -2.47. The van der Waals surface area contributed by atoms with Crippen molar-refractivity contribution in [2.45, 2.75) is 51.9 Å². The lowest BCUT2D eigenvalue weighted by atomic mass is 10.0. The van der Waals surface area contributed by atoms with Crippen molar-refractivity contribution in [2.24, 2.45) is 0 Å². The lowest BCUT2D eigenvalue weighted by molar-refractivity contribution is 0.0199. The van der Waals surface area contributed by atoms with Gasteiger partial charge in [0, 0.05) is 29.6 Å². The Balaban J connectivity index is 1.48. The van der Waals surface area contributed by atoms with E-state index in [2.05, 4.69) is 5.32 Å². The van der Waals surface area contributed by atoms with Crippen LogP contribution in [0.1, 0.15) is 48.8 Å². The molecule has 2 amide bonds. The summed E-state index contributed by atoms with van der Waals surface area (Å²) < 4.78 is 11.2. The van der Waals surface area contributed by atoms with Gasteiger partial charge < -0.3 is 19.7 Å². The van der Waals surface area contributed by atoms with Crippen LogP contribution in [-0.2, 0) is 11.3 Å². The Hall–Kier alpha value is -2.54. The molecule has 0 aliphatic carbocycles. The van der Waals surface area contributed by atoms with E-state index in [-0.39, 0.29) is 18.0 Å². The molecule has 156 valence electrons. The molecule has 7 heteroatoms. The molecule has 1 saturated heterocycles. The molecule has 0 bridgehead atoms. The average Bonchev–Trinajstić information content (AvgIpc) is 3.19. The van der Waals surface area contributed by atoms with Gasteiger partial charge in [0.2, 0.25) is 0 Å². The first-order valence-corrected chi connectivity index (χ1v) is 10.7. The number of hydrogen-bond donors (Lipinski definition) is 1. The SMILES string of the molecule is CC(C)(C)OC(=O)N1CCC(NC(=O)c2cccc(OCc3cccs3)c2)CC1. The maximum absolute atomic E-state index is 12.6. The van der Waals surface area contributed by atoms with Crippen molar-refractivity contribution in [2.75, 3.05) is 13.1 Å². The molecule has 0 atom stereocenters. The molecular weight excluding hydrogens is 388 g/mol. The number of benzene rings is 1. The molecule has 2 aromatic rings. The topological polar surface area (TPSA) is 67.9 Å². The van der Waals surface area contributed by atoms with Gasteiger partial charge in [-0.2, -0.15) is 0 Å². The van der Waals surface area contributed by atoms with Crippen molar-refractivity contribution in [1.29, 1.82) is 0 Å². The number of carbonyl (C=O) groups is 2. The second-order valence-electron chi connectivity index (χ2n) is 8.11. The number of nitrogens with zero attached hydrogens (tertiary/aromatic N) is 1. The van der Waals surface area contributed by atoms with Crippen molar-refractivity contribution in [1.82, 2.24) is 10.2 Å². The van der Waals surface area contributed by atoms with Gasteiger partial charge in [-0.1, -0.05) is 12.1 Å². The Labute approximate surface area is 175 Å². The van der Waals surface area contributed by atoms with Crippen molar-refractivity contribution < 1.29 is 19.1 Å². The van der Waals surface area contributed by atoms with Gasteiger partial charge in [0.25, 0.3) is 5.91 Å². The van der Waals surface area contributed by atoms with Gasteiger partial charge in [0.05, 0.1) is 0 Å². The normalized spacial score (nSPS) is 15.1. The predicted molar refractivity (Wildman–Crippen MR) is 113 cm³/mol. The second-order valence-corrected chi connectivity index (χ2v) is 9.14. The molecule has 0 radical (unpaired) electrons. The Bertz CT molecular complexity index is 822. The molecule has 1 aromatic carbocycles. The van der Waals surface area contributed by atoms with Crippen molar-refractivity contribution >= 4 is 23.3 Å². The van der Waals surface area contributed by atoms with E-state index in [4.69, 9.17) is 9.47 Å². The summed E-state index contributed by atoms with van der Waals surface area (Å²) in [7, 11) is 0. The number of amides is 2. The van der Waals surface area contributed by atoms with Gasteiger partial charge in [-0.25, -0.2) is 4.79 Å². The van der Waals surface area contributed by atoms with Crippen molar-refractivity contribution in [3.05, 3.63) is 52.2 Å². The first-order chi connectivity index (χ1) is 13.8. The van der Waals surface area contributed by atoms with E-state index in [9.17, 15) is 9.59 Å². The van der Waals surface area contributed by atoms with Crippen LogP contribution in [-0.4, -0.2) is 41.6 Å². The van der Waals surface area contributed by atoms with E-state index in [1.165, 1.54) is 0 Å². The number of carbonyl (C=O) groups excluding carboxylic acids is 2. The first-order valence-electron chi connectivity index (χ1n) is 9.84. The highest BCUT2D eigenvalue weighted by Crippen LogP contribution is 2.19. The molecule has 1 aromatic heterocycles. The van der Waals surface area contributed by atoms with Crippen LogP contribution < -0.4 is 10.1 Å².